The fraction of sp³-hybridized carbons (Fsp3) is 0.208. The largest absolute Gasteiger partial charge is 0.339 e. The van der Waals surface area contributed by atoms with Crippen molar-refractivity contribution >= 4 is 40.4 Å². The quantitative estimate of drug-likeness (QED) is 0.500. The Kier molecular flexibility index (Phi) is 6.10. The van der Waals surface area contributed by atoms with Gasteiger partial charge in [0.15, 0.2) is 0 Å². The van der Waals surface area contributed by atoms with Crippen molar-refractivity contribution in [2.75, 3.05) is 13.1 Å². The molecule has 3 aromatic rings. The molecule has 0 aliphatic carbocycles. The van der Waals surface area contributed by atoms with Crippen molar-refractivity contribution in [1.82, 2.24) is 10.3 Å². The summed E-state index contributed by atoms with van der Waals surface area (Å²) in [4.78, 5) is 26.9. The Balaban J connectivity index is 1.33. The van der Waals surface area contributed by atoms with Gasteiger partial charge in [-0.3, -0.25) is 9.59 Å². The van der Waals surface area contributed by atoms with Crippen molar-refractivity contribution in [2.24, 2.45) is 11.0 Å². The van der Waals surface area contributed by atoms with Crippen LogP contribution < -0.4 is 5.43 Å². The molecule has 1 fully saturated rings. The van der Waals surface area contributed by atoms with Gasteiger partial charge in [0.25, 0.3) is 5.91 Å². The molecule has 1 heterocycles. The second-order valence-corrected chi connectivity index (χ2v) is 7.76. The van der Waals surface area contributed by atoms with E-state index in [0.29, 0.717) is 36.5 Å². The van der Waals surface area contributed by atoms with Crippen LogP contribution in [0.3, 0.4) is 0 Å². The number of fused-ring (bicyclic) bond motifs is 1. The van der Waals surface area contributed by atoms with E-state index in [2.05, 4.69) is 10.5 Å². The monoisotopic (exact) mass is 419 g/mol. The Labute approximate surface area is 180 Å². The minimum Gasteiger partial charge on any atom is -0.339 e. The number of hydrogen-bond acceptors (Lipinski definition) is 3. The van der Waals surface area contributed by atoms with Gasteiger partial charge in [0.1, 0.15) is 0 Å². The molecule has 2 amide bonds. The zero-order valence-corrected chi connectivity index (χ0v) is 17.2. The van der Waals surface area contributed by atoms with Crippen LogP contribution in [-0.2, 0) is 4.79 Å². The Morgan fingerprint density at radius 1 is 0.967 bits per heavy atom. The van der Waals surface area contributed by atoms with Crippen LogP contribution in [0.4, 0.5) is 0 Å². The van der Waals surface area contributed by atoms with Gasteiger partial charge in [0, 0.05) is 24.6 Å². The average molecular weight is 420 g/mol. The molecule has 0 unspecified atom stereocenters. The SMILES string of the molecule is O=C(N/N=C\c1cccc2ccccc12)C1CCN(C(=O)c2ccccc2Cl)CC1. The van der Waals surface area contributed by atoms with E-state index in [1.54, 1.807) is 35.4 Å². The third-order valence-electron chi connectivity index (χ3n) is 5.46. The molecular weight excluding hydrogens is 398 g/mol. The normalized spacial score (nSPS) is 14.9. The molecule has 1 aliphatic heterocycles. The number of likely N-dealkylation sites (tertiary alicyclic amines) is 1. The fourth-order valence-electron chi connectivity index (χ4n) is 3.77. The maximum Gasteiger partial charge on any atom is 0.255 e. The van der Waals surface area contributed by atoms with E-state index in [-0.39, 0.29) is 17.7 Å². The Morgan fingerprint density at radius 3 is 2.47 bits per heavy atom. The molecule has 0 radical (unpaired) electrons. The number of carbonyl (C=O) groups is 2. The lowest BCUT2D eigenvalue weighted by atomic mass is 9.95. The highest BCUT2D eigenvalue weighted by Gasteiger charge is 2.28. The Hall–Kier alpha value is -3.18. The van der Waals surface area contributed by atoms with E-state index < -0.39 is 0 Å². The first-order chi connectivity index (χ1) is 14.6. The molecule has 6 heteroatoms. The molecule has 0 saturated carbocycles. The molecule has 1 N–H and O–H groups in total. The van der Waals surface area contributed by atoms with Crippen LogP contribution in [0, 0.1) is 5.92 Å². The summed E-state index contributed by atoms with van der Waals surface area (Å²) >= 11 is 6.13. The summed E-state index contributed by atoms with van der Waals surface area (Å²) in [6.07, 6.45) is 2.88. The lowest BCUT2D eigenvalue weighted by Gasteiger charge is -2.31. The molecule has 0 bridgehead atoms. The summed E-state index contributed by atoms with van der Waals surface area (Å²) in [6, 6.07) is 21.1. The molecule has 5 nitrogen and oxygen atoms in total. The third-order valence-corrected chi connectivity index (χ3v) is 5.79. The summed E-state index contributed by atoms with van der Waals surface area (Å²) in [5.74, 6) is -0.366. The number of hydrogen-bond donors (Lipinski definition) is 1. The van der Waals surface area contributed by atoms with E-state index in [1.165, 1.54) is 0 Å². The number of nitrogens with zero attached hydrogens (tertiary/aromatic N) is 2. The second kappa shape index (κ2) is 9.09. The number of carbonyl (C=O) groups excluding carboxylic acids is 2. The van der Waals surface area contributed by atoms with Crippen molar-refractivity contribution in [3.63, 3.8) is 0 Å². The van der Waals surface area contributed by atoms with Crippen molar-refractivity contribution < 1.29 is 9.59 Å². The fourth-order valence-corrected chi connectivity index (χ4v) is 3.99. The molecule has 4 rings (SSSR count). The van der Waals surface area contributed by atoms with Crippen LogP contribution in [0.5, 0.6) is 0 Å². The smallest absolute Gasteiger partial charge is 0.255 e. The predicted molar refractivity (Wildman–Crippen MR) is 120 cm³/mol. The molecule has 0 aromatic heterocycles. The molecular formula is C24H22ClN3O2. The molecule has 0 atom stereocenters. The van der Waals surface area contributed by atoms with Crippen molar-refractivity contribution in [1.29, 1.82) is 0 Å². The molecule has 152 valence electrons. The van der Waals surface area contributed by atoms with Crippen molar-refractivity contribution in [3.8, 4) is 0 Å². The van der Waals surface area contributed by atoms with Crippen LogP contribution in [0.15, 0.2) is 71.8 Å². The molecule has 1 saturated heterocycles. The van der Waals surface area contributed by atoms with Gasteiger partial charge in [0.2, 0.25) is 5.91 Å². The topological polar surface area (TPSA) is 61.8 Å². The number of amides is 2. The van der Waals surface area contributed by atoms with Gasteiger partial charge in [0.05, 0.1) is 16.8 Å². The van der Waals surface area contributed by atoms with Gasteiger partial charge >= 0.3 is 0 Å². The second-order valence-electron chi connectivity index (χ2n) is 7.35. The summed E-state index contributed by atoms with van der Waals surface area (Å²) in [6.45, 7) is 1.05. The zero-order chi connectivity index (χ0) is 20.9. The van der Waals surface area contributed by atoms with Crippen molar-refractivity contribution in [2.45, 2.75) is 12.8 Å². The van der Waals surface area contributed by atoms with Crippen LogP contribution in [0.25, 0.3) is 10.8 Å². The zero-order valence-electron chi connectivity index (χ0n) is 16.4. The molecule has 30 heavy (non-hydrogen) atoms. The number of rotatable bonds is 4. The highest BCUT2D eigenvalue weighted by Crippen LogP contribution is 2.22. The minimum absolute atomic E-state index is 0.0894. The number of halogens is 1. The highest BCUT2D eigenvalue weighted by atomic mass is 35.5. The number of benzene rings is 3. The summed E-state index contributed by atoms with van der Waals surface area (Å²) < 4.78 is 0. The van der Waals surface area contributed by atoms with Crippen LogP contribution >= 0.6 is 11.6 Å². The van der Waals surface area contributed by atoms with Crippen molar-refractivity contribution in [3.05, 3.63) is 82.9 Å². The Morgan fingerprint density at radius 2 is 1.67 bits per heavy atom. The Bertz CT molecular complexity index is 1100. The van der Waals surface area contributed by atoms with Gasteiger partial charge < -0.3 is 4.90 Å². The van der Waals surface area contributed by atoms with Gasteiger partial charge in [-0.1, -0.05) is 66.2 Å². The van der Waals surface area contributed by atoms with Crippen LogP contribution in [-0.4, -0.2) is 36.0 Å². The van der Waals surface area contributed by atoms with E-state index in [9.17, 15) is 9.59 Å². The first kappa shape index (κ1) is 20.1. The van der Waals surface area contributed by atoms with Gasteiger partial charge in [-0.2, -0.15) is 5.10 Å². The molecule has 3 aromatic carbocycles. The highest BCUT2D eigenvalue weighted by molar-refractivity contribution is 6.33. The summed E-state index contributed by atoms with van der Waals surface area (Å²) in [5, 5.41) is 6.82. The van der Waals surface area contributed by atoms with Gasteiger partial charge in [-0.15, -0.1) is 0 Å². The summed E-state index contributed by atoms with van der Waals surface area (Å²) in [7, 11) is 0. The molecule has 0 spiro atoms. The number of nitrogens with one attached hydrogen (secondary N) is 1. The van der Waals surface area contributed by atoms with Crippen LogP contribution in [0.1, 0.15) is 28.8 Å². The van der Waals surface area contributed by atoms with E-state index >= 15 is 0 Å². The standard InChI is InChI=1S/C24H22ClN3O2/c25-22-11-4-3-10-21(22)24(30)28-14-12-18(13-15-28)23(29)27-26-16-19-8-5-7-17-6-1-2-9-20(17)19/h1-11,16,18H,12-15H2,(H,27,29)/b26-16-. The molecule has 1 aliphatic rings. The lowest BCUT2D eigenvalue weighted by molar-refractivity contribution is -0.126. The lowest BCUT2D eigenvalue weighted by Crippen LogP contribution is -2.42. The van der Waals surface area contributed by atoms with Crippen LogP contribution in [0.2, 0.25) is 5.02 Å². The minimum atomic E-state index is -0.162. The average Bonchev–Trinajstić information content (AvgIpc) is 2.79. The first-order valence-corrected chi connectivity index (χ1v) is 10.4. The van der Waals surface area contributed by atoms with E-state index in [4.69, 9.17) is 11.6 Å². The number of piperidine rings is 1. The first-order valence-electron chi connectivity index (χ1n) is 9.98. The predicted octanol–water partition coefficient (Wildman–Crippen LogP) is 4.50. The maximum atomic E-state index is 12.7. The van der Waals surface area contributed by atoms with Gasteiger partial charge in [-0.25, -0.2) is 5.43 Å². The van der Waals surface area contributed by atoms with E-state index in [0.717, 1.165) is 16.3 Å². The number of hydrazone groups is 1. The van der Waals surface area contributed by atoms with Gasteiger partial charge in [-0.05, 0) is 35.7 Å². The summed E-state index contributed by atoms with van der Waals surface area (Å²) in [5.41, 5.74) is 4.11. The third kappa shape index (κ3) is 4.36. The van der Waals surface area contributed by atoms with E-state index in [1.807, 2.05) is 42.5 Å². The maximum absolute atomic E-state index is 12.7.